The molecule has 2 aliphatic rings. The van der Waals surface area contributed by atoms with Crippen molar-refractivity contribution in [2.45, 2.75) is 50.6 Å². The van der Waals surface area contributed by atoms with Gasteiger partial charge >= 0.3 is 0 Å². The molecule has 0 radical (unpaired) electrons. The number of hydrogen-bond donors (Lipinski definition) is 2. The van der Waals surface area contributed by atoms with Gasteiger partial charge in [-0.3, -0.25) is 4.79 Å². The number of aromatic nitrogens is 2. The van der Waals surface area contributed by atoms with Gasteiger partial charge in [-0.2, -0.15) is 0 Å². The lowest BCUT2D eigenvalue weighted by Gasteiger charge is -2.18. The van der Waals surface area contributed by atoms with Gasteiger partial charge in [-0.25, -0.2) is 4.98 Å². The standard InChI is InChI=1S/C25H28N4O/c1-25(12-13-25)28-24(30)20-8-11-22(14-20)29-16-27-15-23(29)19-4-2-17(3-5-19)18-6-9-21(26)10-7-18/h2-7,9-10,15-16,20,22H,8,11-14,26H2,1H3,(H,28,30)/t20?,22-/m1/s1. The predicted molar refractivity (Wildman–Crippen MR) is 120 cm³/mol. The minimum atomic E-state index is 0.0571. The summed E-state index contributed by atoms with van der Waals surface area (Å²) in [6, 6.07) is 16.8. The third-order valence-electron chi connectivity index (χ3n) is 6.68. The summed E-state index contributed by atoms with van der Waals surface area (Å²) in [7, 11) is 0. The molecule has 0 aliphatic heterocycles. The number of imidazole rings is 1. The Morgan fingerprint density at radius 1 is 1.03 bits per heavy atom. The third-order valence-corrected chi connectivity index (χ3v) is 6.68. The first-order valence-corrected chi connectivity index (χ1v) is 10.8. The Morgan fingerprint density at radius 2 is 1.67 bits per heavy atom. The molecule has 5 heteroatoms. The molecular weight excluding hydrogens is 372 g/mol. The third kappa shape index (κ3) is 3.72. The van der Waals surface area contributed by atoms with E-state index in [1.54, 1.807) is 0 Å². The van der Waals surface area contributed by atoms with Crippen molar-refractivity contribution >= 4 is 11.6 Å². The summed E-state index contributed by atoms with van der Waals surface area (Å²) < 4.78 is 2.25. The van der Waals surface area contributed by atoms with Crippen LogP contribution >= 0.6 is 0 Å². The number of carbonyl (C=O) groups is 1. The van der Waals surface area contributed by atoms with E-state index in [9.17, 15) is 4.79 Å². The molecule has 30 heavy (non-hydrogen) atoms. The van der Waals surface area contributed by atoms with Crippen LogP contribution in [-0.2, 0) is 4.79 Å². The normalized spacial score (nSPS) is 22.0. The highest BCUT2D eigenvalue weighted by atomic mass is 16.2. The number of hydrogen-bond acceptors (Lipinski definition) is 3. The Labute approximate surface area is 177 Å². The van der Waals surface area contributed by atoms with E-state index in [-0.39, 0.29) is 17.4 Å². The predicted octanol–water partition coefficient (Wildman–Crippen LogP) is 4.81. The maximum absolute atomic E-state index is 12.6. The number of anilines is 1. The van der Waals surface area contributed by atoms with Crippen molar-refractivity contribution in [3.05, 3.63) is 61.1 Å². The van der Waals surface area contributed by atoms with E-state index in [0.717, 1.165) is 60.2 Å². The second kappa shape index (κ2) is 7.31. The second-order valence-electron chi connectivity index (χ2n) is 9.10. The lowest BCUT2D eigenvalue weighted by Crippen LogP contribution is -2.38. The molecule has 2 saturated carbocycles. The molecule has 2 aromatic carbocycles. The van der Waals surface area contributed by atoms with Gasteiger partial charge < -0.3 is 15.6 Å². The van der Waals surface area contributed by atoms with E-state index in [1.807, 2.05) is 36.8 Å². The van der Waals surface area contributed by atoms with E-state index < -0.39 is 0 Å². The molecule has 0 bridgehead atoms. The summed E-state index contributed by atoms with van der Waals surface area (Å²) in [5.41, 5.74) is 11.2. The fourth-order valence-corrected chi connectivity index (χ4v) is 4.49. The van der Waals surface area contributed by atoms with Crippen LogP contribution in [0.4, 0.5) is 5.69 Å². The second-order valence-corrected chi connectivity index (χ2v) is 9.10. The average Bonchev–Trinajstić information content (AvgIpc) is 3.16. The molecule has 1 amide bonds. The fourth-order valence-electron chi connectivity index (χ4n) is 4.49. The van der Waals surface area contributed by atoms with Gasteiger partial charge in [0.1, 0.15) is 0 Å². The Balaban J connectivity index is 1.31. The molecule has 3 N–H and O–H groups in total. The Bertz CT molecular complexity index is 1050. The van der Waals surface area contributed by atoms with Crippen molar-refractivity contribution in [1.82, 2.24) is 14.9 Å². The summed E-state index contributed by atoms with van der Waals surface area (Å²) >= 11 is 0. The monoisotopic (exact) mass is 400 g/mol. The van der Waals surface area contributed by atoms with Crippen molar-refractivity contribution in [3.63, 3.8) is 0 Å². The highest BCUT2D eigenvalue weighted by molar-refractivity contribution is 5.80. The summed E-state index contributed by atoms with van der Waals surface area (Å²) in [4.78, 5) is 17.0. The first kappa shape index (κ1) is 18.9. The lowest BCUT2D eigenvalue weighted by molar-refractivity contribution is -0.125. The summed E-state index contributed by atoms with van der Waals surface area (Å²) in [6.07, 6.45) is 8.89. The van der Waals surface area contributed by atoms with Gasteiger partial charge in [0.15, 0.2) is 0 Å². The molecule has 1 heterocycles. The van der Waals surface area contributed by atoms with Gasteiger partial charge in [0.25, 0.3) is 0 Å². The molecule has 2 atom stereocenters. The van der Waals surface area contributed by atoms with Crippen molar-refractivity contribution in [3.8, 4) is 22.4 Å². The Hall–Kier alpha value is -3.08. The first-order chi connectivity index (χ1) is 14.5. The minimum Gasteiger partial charge on any atom is -0.399 e. The van der Waals surface area contributed by atoms with Gasteiger partial charge in [-0.05, 0) is 67.9 Å². The van der Waals surface area contributed by atoms with Crippen LogP contribution in [0.5, 0.6) is 0 Å². The molecule has 0 spiro atoms. The molecule has 5 nitrogen and oxygen atoms in total. The van der Waals surface area contributed by atoms with E-state index in [0.29, 0.717) is 6.04 Å². The van der Waals surface area contributed by atoms with Gasteiger partial charge in [0, 0.05) is 23.2 Å². The highest BCUT2D eigenvalue weighted by Gasteiger charge is 2.41. The Morgan fingerprint density at radius 3 is 2.33 bits per heavy atom. The zero-order valence-electron chi connectivity index (χ0n) is 17.3. The topological polar surface area (TPSA) is 72.9 Å². The molecule has 2 aliphatic carbocycles. The van der Waals surface area contributed by atoms with E-state index in [1.165, 1.54) is 0 Å². The van der Waals surface area contributed by atoms with Crippen LogP contribution in [-0.4, -0.2) is 21.0 Å². The van der Waals surface area contributed by atoms with Crippen molar-refractivity contribution in [1.29, 1.82) is 0 Å². The van der Waals surface area contributed by atoms with Crippen LogP contribution in [0.25, 0.3) is 22.4 Å². The zero-order chi connectivity index (χ0) is 20.7. The van der Waals surface area contributed by atoms with E-state index >= 15 is 0 Å². The molecule has 1 aromatic heterocycles. The summed E-state index contributed by atoms with van der Waals surface area (Å²) in [5.74, 6) is 0.336. The highest BCUT2D eigenvalue weighted by Crippen LogP contribution is 2.40. The van der Waals surface area contributed by atoms with Gasteiger partial charge in [0.05, 0.1) is 18.2 Å². The maximum Gasteiger partial charge on any atom is 0.223 e. The van der Waals surface area contributed by atoms with Crippen molar-refractivity contribution in [2.75, 3.05) is 5.73 Å². The van der Waals surface area contributed by atoms with Gasteiger partial charge in [-0.1, -0.05) is 36.4 Å². The number of nitrogen functional groups attached to an aromatic ring is 1. The van der Waals surface area contributed by atoms with Crippen LogP contribution in [0.3, 0.4) is 0 Å². The summed E-state index contributed by atoms with van der Waals surface area (Å²) in [5, 5.41) is 3.24. The molecule has 0 saturated heterocycles. The van der Waals surface area contributed by atoms with Crippen LogP contribution < -0.4 is 11.1 Å². The maximum atomic E-state index is 12.6. The van der Waals surface area contributed by atoms with Crippen molar-refractivity contribution in [2.24, 2.45) is 5.92 Å². The molecule has 3 aromatic rings. The van der Waals surface area contributed by atoms with Crippen LogP contribution in [0.2, 0.25) is 0 Å². The van der Waals surface area contributed by atoms with Gasteiger partial charge in [0.2, 0.25) is 5.91 Å². The number of amides is 1. The lowest BCUT2D eigenvalue weighted by atomic mass is 10.0. The van der Waals surface area contributed by atoms with Crippen LogP contribution in [0.1, 0.15) is 45.1 Å². The molecule has 2 fully saturated rings. The van der Waals surface area contributed by atoms with E-state index in [4.69, 9.17) is 5.73 Å². The molecule has 5 rings (SSSR count). The number of nitrogens with one attached hydrogen (secondary N) is 1. The average molecular weight is 401 g/mol. The first-order valence-electron chi connectivity index (χ1n) is 10.8. The molecule has 1 unspecified atom stereocenters. The quantitative estimate of drug-likeness (QED) is 0.604. The number of rotatable bonds is 5. The summed E-state index contributed by atoms with van der Waals surface area (Å²) in [6.45, 7) is 2.14. The van der Waals surface area contributed by atoms with Crippen molar-refractivity contribution < 1.29 is 4.79 Å². The SMILES string of the molecule is CC1(NC(=O)C2CC[C@@H](n3cncc3-c3ccc(-c4ccc(N)cc4)cc3)C2)CC1. The smallest absolute Gasteiger partial charge is 0.223 e. The fraction of sp³-hybridized carbons (Fsp3) is 0.360. The van der Waals surface area contributed by atoms with Gasteiger partial charge in [-0.15, -0.1) is 0 Å². The largest absolute Gasteiger partial charge is 0.399 e. The van der Waals surface area contributed by atoms with Crippen LogP contribution in [0.15, 0.2) is 61.1 Å². The zero-order valence-corrected chi connectivity index (χ0v) is 17.3. The number of benzene rings is 2. The van der Waals surface area contributed by atoms with Crippen LogP contribution in [0, 0.1) is 5.92 Å². The minimum absolute atomic E-state index is 0.0571. The molecule has 154 valence electrons. The Kier molecular flexibility index (Phi) is 4.61. The number of nitrogens with two attached hydrogens (primary N) is 1. The van der Waals surface area contributed by atoms with E-state index in [2.05, 4.69) is 46.1 Å². The number of nitrogens with zero attached hydrogens (tertiary/aromatic N) is 2. The molecular formula is C25H28N4O. The number of carbonyl (C=O) groups excluding carboxylic acids is 1.